The van der Waals surface area contributed by atoms with E-state index in [1.807, 2.05) is 20.8 Å². The van der Waals surface area contributed by atoms with Gasteiger partial charge >= 0.3 is 0 Å². The maximum Gasteiger partial charge on any atom is 0.282 e. The van der Waals surface area contributed by atoms with Crippen molar-refractivity contribution in [2.75, 3.05) is 12.3 Å². The summed E-state index contributed by atoms with van der Waals surface area (Å²) in [6.45, 7) is 6.33. The summed E-state index contributed by atoms with van der Waals surface area (Å²) in [7, 11) is -2.60. The number of nitrogens with two attached hydrogens (primary N) is 1. The van der Waals surface area contributed by atoms with Gasteiger partial charge in [0, 0.05) is 23.7 Å². The summed E-state index contributed by atoms with van der Waals surface area (Å²) >= 11 is 0. The lowest BCUT2D eigenvalue weighted by Crippen LogP contribution is -2.53. The van der Waals surface area contributed by atoms with Crippen LogP contribution in [0.4, 0.5) is 27.9 Å². The van der Waals surface area contributed by atoms with Crippen molar-refractivity contribution >= 4 is 19.9 Å². The molecule has 220 valence electrons. The Morgan fingerprint density at radius 1 is 0.927 bits per heavy atom. The van der Waals surface area contributed by atoms with Crippen LogP contribution in [0.3, 0.4) is 0 Å². The highest BCUT2D eigenvalue weighted by Crippen LogP contribution is 2.47. The number of aromatic nitrogens is 3. The van der Waals surface area contributed by atoms with Gasteiger partial charge in [-0.2, -0.15) is 4.98 Å². The molecule has 0 fully saturated rings. The molecule has 0 aliphatic heterocycles. The molecule has 0 radical (unpaired) electrons. The van der Waals surface area contributed by atoms with Crippen LogP contribution >= 0.6 is 0 Å². The van der Waals surface area contributed by atoms with E-state index in [1.54, 1.807) is 12.1 Å². The summed E-state index contributed by atoms with van der Waals surface area (Å²) in [5, 5.41) is 3.98. The molecule has 2 N–H and O–H groups in total. The Morgan fingerprint density at radius 3 is 2.22 bits per heavy atom. The van der Waals surface area contributed by atoms with E-state index < -0.39 is 56.1 Å². The molecular weight excluding hydrogens is 559 g/mol. The zero-order chi connectivity index (χ0) is 30.0. The van der Waals surface area contributed by atoms with Crippen LogP contribution in [0.5, 0.6) is 5.75 Å². The van der Waals surface area contributed by atoms with E-state index in [0.717, 1.165) is 18.2 Å². The quantitative estimate of drug-likeness (QED) is 0.135. The van der Waals surface area contributed by atoms with Crippen LogP contribution < -0.4 is 10.5 Å². The summed E-state index contributed by atoms with van der Waals surface area (Å²) in [5.74, 6) is -6.93. The van der Waals surface area contributed by atoms with Crippen molar-refractivity contribution in [3.63, 3.8) is 0 Å². The van der Waals surface area contributed by atoms with Crippen molar-refractivity contribution in [2.24, 2.45) is 0 Å². The van der Waals surface area contributed by atoms with Gasteiger partial charge in [0.05, 0.1) is 6.61 Å². The van der Waals surface area contributed by atoms with Gasteiger partial charge < -0.3 is 14.9 Å². The Balaban J connectivity index is 1.61. The zero-order valence-corrected chi connectivity index (χ0v) is 24.4. The SMILES string of the molecule is CC[Si](CC)(CC)OC(C)(c1ccc(F)cc1)C(F)(F)CCOc1c(F)ccc(-c2ccc3nc(N)nn3c2)c1F. The second-order valence-electron chi connectivity index (χ2n) is 10.1. The van der Waals surface area contributed by atoms with Crippen molar-refractivity contribution in [3.8, 4) is 16.9 Å². The van der Waals surface area contributed by atoms with E-state index in [2.05, 4.69) is 10.1 Å². The lowest BCUT2D eigenvalue weighted by atomic mass is 9.87. The van der Waals surface area contributed by atoms with Crippen molar-refractivity contribution < 1.29 is 31.1 Å². The smallest absolute Gasteiger partial charge is 0.282 e. The van der Waals surface area contributed by atoms with Crippen LogP contribution in [-0.2, 0) is 10.0 Å². The van der Waals surface area contributed by atoms with Gasteiger partial charge in [-0.25, -0.2) is 26.5 Å². The highest BCUT2D eigenvalue weighted by atomic mass is 28.4. The van der Waals surface area contributed by atoms with Crippen LogP contribution in [0.1, 0.15) is 39.7 Å². The van der Waals surface area contributed by atoms with Gasteiger partial charge in [-0.05, 0) is 67.0 Å². The Morgan fingerprint density at radius 2 is 1.59 bits per heavy atom. The van der Waals surface area contributed by atoms with E-state index in [9.17, 15) is 8.78 Å². The first kappa shape index (κ1) is 30.4. The molecule has 0 spiro atoms. The lowest BCUT2D eigenvalue weighted by Gasteiger charge is -2.45. The summed E-state index contributed by atoms with van der Waals surface area (Å²) < 4.78 is 89.1. The molecule has 0 amide bonds. The summed E-state index contributed by atoms with van der Waals surface area (Å²) in [4.78, 5) is 4.00. The number of ether oxygens (including phenoxy) is 1. The minimum atomic E-state index is -3.54. The second-order valence-corrected chi connectivity index (χ2v) is 14.8. The fraction of sp³-hybridized carbons (Fsp3) is 0.379. The van der Waals surface area contributed by atoms with Gasteiger partial charge in [0.25, 0.3) is 5.92 Å². The van der Waals surface area contributed by atoms with Crippen molar-refractivity contribution in [1.29, 1.82) is 0 Å². The average Bonchev–Trinajstić information content (AvgIpc) is 3.33. The maximum atomic E-state index is 16.1. The van der Waals surface area contributed by atoms with Crippen LogP contribution in [0.2, 0.25) is 18.1 Å². The minimum Gasteiger partial charge on any atom is -0.487 e. The molecule has 2 aromatic carbocycles. The first-order valence-corrected chi connectivity index (χ1v) is 16.0. The molecule has 41 heavy (non-hydrogen) atoms. The molecule has 0 aliphatic rings. The largest absolute Gasteiger partial charge is 0.487 e. The van der Waals surface area contributed by atoms with E-state index in [0.29, 0.717) is 29.3 Å². The molecule has 4 rings (SSSR count). The Labute approximate surface area is 236 Å². The molecule has 2 heterocycles. The summed E-state index contributed by atoms with van der Waals surface area (Å²) in [6.07, 6.45) is 0.555. The number of fused-ring (bicyclic) bond motifs is 1. The zero-order valence-electron chi connectivity index (χ0n) is 23.4. The fourth-order valence-corrected chi connectivity index (χ4v) is 8.05. The number of nitrogen functional groups attached to an aromatic ring is 1. The molecule has 2 aromatic heterocycles. The number of hydrogen-bond acceptors (Lipinski definition) is 5. The maximum absolute atomic E-state index is 16.1. The molecule has 0 saturated heterocycles. The first-order chi connectivity index (χ1) is 19.4. The summed E-state index contributed by atoms with van der Waals surface area (Å²) in [5.41, 5.74) is 4.33. The Hall–Kier alpha value is -3.51. The minimum absolute atomic E-state index is 0.0202. The highest BCUT2D eigenvalue weighted by molar-refractivity contribution is 6.73. The molecule has 0 aliphatic carbocycles. The van der Waals surface area contributed by atoms with E-state index in [4.69, 9.17) is 14.9 Å². The van der Waals surface area contributed by atoms with Gasteiger partial charge in [-0.3, -0.25) is 0 Å². The van der Waals surface area contributed by atoms with Crippen molar-refractivity contribution in [3.05, 3.63) is 77.7 Å². The number of halogens is 5. The lowest BCUT2D eigenvalue weighted by molar-refractivity contribution is -0.175. The monoisotopic (exact) mass is 592 g/mol. The van der Waals surface area contributed by atoms with Crippen LogP contribution in [0.25, 0.3) is 16.8 Å². The Kier molecular flexibility index (Phi) is 8.74. The molecule has 0 bridgehead atoms. The van der Waals surface area contributed by atoms with E-state index in [-0.39, 0.29) is 17.1 Å². The number of anilines is 1. The highest BCUT2D eigenvalue weighted by Gasteiger charge is 2.55. The number of nitrogens with zero attached hydrogens (tertiary/aromatic N) is 3. The van der Waals surface area contributed by atoms with Crippen molar-refractivity contribution in [2.45, 2.75) is 63.8 Å². The number of rotatable bonds is 12. The van der Waals surface area contributed by atoms with Gasteiger partial charge in [-0.1, -0.05) is 32.9 Å². The third-order valence-corrected chi connectivity index (χ3v) is 12.5. The third-order valence-electron chi connectivity index (χ3n) is 7.82. The molecule has 12 heteroatoms. The van der Waals surface area contributed by atoms with Crippen LogP contribution in [-0.4, -0.2) is 35.4 Å². The van der Waals surface area contributed by atoms with E-state index in [1.165, 1.54) is 35.8 Å². The summed E-state index contributed by atoms with van der Waals surface area (Å²) in [6, 6.07) is 12.0. The normalized spacial score (nSPS) is 13.9. The standard InChI is InChI=1S/C29H33F5N4O2Si/c1-5-41(6-2,7-3)40-28(4,20-9-11-21(30)12-10-20)29(33,34)16-17-39-26-23(31)14-13-22(25(26)32)19-8-15-24-36-27(35)37-38(24)18-19/h8-15,18H,5-7,16-17H2,1-4H3,(H2,35,37). The molecular formula is C29H33F5N4O2Si. The number of pyridine rings is 1. The number of benzene rings is 2. The second kappa shape index (κ2) is 11.8. The molecule has 4 aromatic rings. The van der Waals surface area contributed by atoms with Crippen molar-refractivity contribution in [1.82, 2.24) is 14.6 Å². The predicted octanol–water partition coefficient (Wildman–Crippen LogP) is 7.74. The van der Waals surface area contributed by atoms with Gasteiger partial charge in [0.1, 0.15) is 11.4 Å². The van der Waals surface area contributed by atoms with Gasteiger partial charge in [-0.15, -0.1) is 5.10 Å². The topological polar surface area (TPSA) is 74.7 Å². The van der Waals surface area contributed by atoms with E-state index >= 15 is 13.2 Å². The third kappa shape index (κ3) is 5.94. The van der Waals surface area contributed by atoms with Gasteiger partial charge in [0.15, 0.2) is 31.3 Å². The molecule has 1 unspecified atom stereocenters. The van der Waals surface area contributed by atoms with Crippen LogP contribution in [0, 0.1) is 17.5 Å². The van der Waals surface area contributed by atoms with Crippen LogP contribution in [0.15, 0.2) is 54.7 Å². The molecule has 0 saturated carbocycles. The predicted molar refractivity (Wildman–Crippen MR) is 150 cm³/mol. The number of hydrogen-bond donors (Lipinski definition) is 1. The fourth-order valence-electron chi connectivity index (χ4n) is 4.98. The number of alkyl halides is 2. The molecule has 6 nitrogen and oxygen atoms in total. The first-order valence-electron chi connectivity index (χ1n) is 13.5. The average molecular weight is 593 g/mol. The Bertz CT molecular complexity index is 1500. The molecule has 1 atom stereocenters. The van der Waals surface area contributed by atoms with Gasteiger partial charge in [0.2, 0.25) is 5.95 Å².